The summed E-state index contributed by atoms with van der Waals surface area (Å²) in [5.41, 5.74) is 0. The molecule has 8 nitrogen and oxygen atoms in total. The highest BCUT2D eigenvalue weighted by atomic mass is 127. The molecule has 3 rings (SSSR count). The first-order valence-electron chi connectivity index (χ1n) is 10.3. The van der Waals surface area contributed by atoms with E-state index in [1.807, 2.05) is 11.7 Å². The van der Waals surface area contributed by atoms with Gasteiger partial charge in [0.05, 0.1) is 6.54 Å². The number of fused-ring (bicyclic) bond motifs is 1. The predicted octanol–water partition coefficient (Wildman–Crippen LogP) is 1.64. The van der Waals surface area contributed by atoms with Gasteiger partial charge in [-0.2, -0.15) is 5.10 Å². The minimum Gasteiger partial charge on any atom is -0.377 e. The fourth-order valence-electron chi connectivity index (χ4n) is 3.85. The Balaban J connectivity index is 0.00000280. The van der Waals surface area contributed by atoms with E-state index in [0.29, 0.717) is 12.6 Å². The van der Waals surface area contributed by atoms with E-state index in [0.717, 1.165) is 55.9 Å². The smallest absolute Gasteiger partial charge is 0.191 e. The topological polar surface area (TPSA) is 79.6 Å². The number of hydrogen-bond acceptors (Lipinski definition) is 5. The highest BCUT2D eigenvalue weighted by Gasteiger charge is 2.22. The van der Waals surface area contributed by atoms with Crippen LogP contribution in [0.5, 0.6) is 0 Å². The quantitative estimate of drug-likeness (QED) is 0.254. The van der Waals surface area contributed by atoms with Crippen LogP contribution in [0.15, 0.2) is 4.99 Å². The second kappa shape index (κ2) is 11.9. The number of likely N-dealkylation sites (tertiary alicyclic amines) is 1. The largest absolute Gasteiger partial charge is 0.377 e. The number of methoxy groups -OCH3 is 1. The van der Waals surface area contributed by atoms with Crippen LogP contribution in [0.1, 0.15) is 44.3 Å². The number of nitrogens with one attached hydrogen (secondary N) is 2. The van der Waals surface area contributed by atoms with Crippen LogP contribution in [0, 0.1) is 5.92 Å². The van der Waals surface area contributed by atoms with Crippen molar-refractivity contribution in [1.29, 1.82) is 0 Å². The van der Waals surface area contributed by atoms with Crippen molar-refractivity contribution in [2.45, 2.75) is 58.2 Å². The SMILES string of the molecule is CN=C(NCCCN1CCC(C)CC1)NC1CCc2nc(COC)nn2C1.I. The highest BCUT2D eigenvalue weighted by molar-refractivity contribution is 14.0. The second-order valence-electron chi connectivity index (χ2n) is 7.82. The molecule has 0 aliphatic carbocycles. The standard InChI is InChI=1S/C19H35N7O.HI/c1-15-7-11-25(12-8-15)10-4-9-21-19(20-2)22-16-5-6-18-23-17(14-27-3)24-26(18)13-16;/h15-16H,4-14H2,1-3H3,(H2,20,21,22);1H. The Morgan fingerprint density at radius 3 is 2.79 bits per heavy atom. The number of nitrogens with zero attached hydrogens (tertiary/aromatic N) is 5. The predicted molar refractivity (Wildman–Crippen MR) is 122 cm³/mol. The van der Waals surface area contributed by atoms with Crippen molar-refractivity contribution in [1.82, 2.24) is 30.3 Å². The van der Waals surface area contributed by atoms with Crippen LogP contribution in [0.4, 0.5) is 0 Å². The van der Waals surface area contributed by atoms with Gasteiger partial charge in [0, 0.05) is 33.2 Å². The molecule has 1 saturated heterocycles. The first-order valence-corrected chi connectivity index (χ1v) is 10.3. The summed E-state index contributed by atoms with van der Waals surface area (Å²) < 4.78 is 7.13. The van der Waals surface area contributed by atoms with E-state index in [4.69, 9.17) is 4.74 Å². The van der Waals surface area contributed by atoms with Gasteiger partial charge in [-0.25, -0.2) is 9.67 Å². The molecule has 1 atom stereocenters. The van der Waals surface area contributed by atoms with Gasteiger partial charge in [0.25, 0.3) is 0 Å². The molecule has 2 aliphatic rings. The van der Waals surface area contributed by atoms with Crippen molar-refractivity contribution in [2.75, 3.05) is 40.3 Å². The summed E-state index contributed by atoms with van der Waals surface area (Å²) in [6.07, 6.45) is 5.80. The lowest BCUT2D eigenvalue weighted by molar-refractivity contribution is 0.177. The number of piperidine rings is 1. The molecule has 9 heteroatoms. The molecule has 1 unspecified atom stereocenters. The van der Waals surface area contributed by atoms with Gasteiger partial charge in [-0.1, -0.05) is 6.92 Å². The Morgan fingerprint density at radius 1 is 1.29 bits per heavy atom. The molecule has 0 amide bonds. The first kappa shape index (κ1) is 23.3. The van der Waals surface area contributed by atoms with Crippen LogP contribution in [0.2, 0.25) is 0 Å². The van der Waals surface area contributed by atoms with E-state index in [-0.39, 0.29) is 24.0 Å². The number of aliphatic imine (C=N–C) groups is 1. The van der Waals surface area contributed by atoms with Gasteiger partial charge < -0.3 is 20.3 Å². The Kier molecular flexibility index (Phi) is 9.93. The molecule has 3 heterocycles. The fraction of sp³-hybridized carbons (Fsp3) is 0.842. The molecule has 1 fully saturated rings. The lowest BCUT2D eigenvalue weighted by atomic mass is 9.99. The van der Waals surface area contributed by atoms with Crippen molar-refractivity contribution in [3.8, 4) is 0 Å². The van der Waals surface area contributed by atoms with Gasteiger partial charge in [0.2, 0.25) is 0 Å². The minimum atomic E-state index is 0. The molecule has 0 radical (unpaired) electrons. The van der Waals surface area contributed by atoms with Gasteiger partial charge in [-0.3, -0.25) is 4.99 Å². The van der Waals surface area contributed by atoms with Crippen molar-refractivity contribution < 1.29 is 4.74 Å². The van der Waals surface area contributed by atoms with E-state index >= 15 is 0 Å². The number of hydrogen-bond donors (Lipinski definition) is 2. The number of aryl methyl sites for hydroxylation is 1. The van der Waals surface area contributed by atoms with Crippen LogP contribution in [0.3, 0.4) is 0 Å². The molecular weight excluding hydrogens is 469 g/mol. The third-order valence-electron chi connectivity index (χ3n) is 5.56. The van der Waals surface area contributed by atoms with E-state index in [1.54, 1.807) is 7.11 Å². The normalized spacial score (nSPS) is 21.1. The summed E-state index contributed by atoms with van der Waals surface area (Å²) in [7, 11) is 3.51. The minimum absolute atomic E-state index is 0. The average molecular weight is 505 g/mol. The molecule has 28 heavy (non-hydrogen) atoms. The molecular formula is C19H36IN7O. The number of halogens is 1. The van der Waals surface area contributed by atoms with Crippen molar-refractivity contribution in [2.24, 2.45) is 10.9 Å². The lowest BCUT2D eigenvalue weighted by Crippen LogP contribution is -2.47. The summed E-state index contributed by atoms with van der Waals surface area (Å²) in [5, 5.41) is 11.5. The number of rotatable bonds is 7. The maximum Gasteiger partial charge on any atom is 0.191 e. The summed E-state index contributed by atoms with van der Waals surface area (Å²) in [6, 6.07) is 0.323. The molecule has 0 saturated carbocycles. The fourth-order valence-corrected chi connectivity index (χ4v) is 3.85. The van der Waals surface area contributed by atoms with Crippen LogP contribution < -0.4 is 10.6 Å². The monoisotopic (exact) mass is 505 g/mol. The summed E-state index contributed by atoms with van der Waals surface area (Å²) in [4.78, 5) is 11.5. The van der Waals surface area contributed by atoms with E-state index < -0.39 is 0 Å². The van der Waals surface area contributed by atoms with Gasteiger partial charge in [-0.05, 0) is 51.2 Å². The molecule has 160 valence electrons. The lowest BCUT2D eigenvalue weighted by Gasteiger charge is -2.30. The van der Waals surface area contributed by atoms with Crippen LogP contribution in [-0.2, 0) is 24.3 Å². The second-order valence-corrected chi connectivity index (χ2v) is 7.82. The van der Waals surface area contributed by atoms with E-state index in [1.165, 1.54) is 32.5 Å². The van der Waals surface area contributed by atoms with Crippen molar-refractivity contribution in [3.63, 3.8) is 0 Å². The summed E-state index contributed by atoms with van der Waals surface area (Å²) in [5.74, 6) is 3.60. The van der Waals surface area contributed by atoms with Crippen LogP contribution in [-0.4, -0.2) is 72.0 Å². The molecule has 2 N–H and O–H groups in total. The summed E-state index contributed by atoms with van der Waals surface area (Å²) >= 11 is 0. The maximum absolute atomic E-state index is 5.13. The van der Waals surface area contributed by atoms with Crippen molar-refractivity contribution in [3.05, 3.63) is 11.6 Å². The third kappa shape index (κ3) is 6.84. The number of ether oxygens (including phenoxy) is 1. The zero-order valence-corrected chi connectivity index (χ0v) is 19.8. The molecule has 0 bridgehead atoms. The van der Waals surface area contributed by atoms with Crippen molar-refractivity contribution >= 4 is 29.9 Å². The Bertz CT molecular complexity index is 613. The maximum atomic E-state index is 5.13. The van der Waals surface area contributed by atoms with Crippen LogP contribution >= 0.6 is 24.0 Å². The molecule has 2 aliphatic heterocycles. The molecule has 1 aromatic heterocycles. The van der Waals surface area contributed by atoms with E-state index in [2.05, 4.69) is 37.5 Å². The van der Waals surface area contributed by atoms with Gasteiger partial charge >= 0.3 is 0 Å². The Morgan fingerprint density at radius 2 is 2.07 bits per heavy atom. The Hall–Kier alpha value is -0.940. The van der Waals surface area contributed by atoms with Gasteiger partial charge in [0.15, 0.2) is 11.8 Å². The number of guanidine groups is 1. The van der Waals surface area contributed by atoms with Gasteiger partial charge in [-0.15, -0.1) is 24.0 Å². The Labute approximate surface area is 185 Å². The summed E-state index contributed by atoms with van der Waals surface area (Å²) in [6.45, 7) is 8.27. The molecule has 0 aromatic carbocycles. The number of aromatic nitrogens is 3. The van der Waals surface area contributed by atoms with Gasteiger partial charge in [0.1, 0.15) is 12.4 Å². The highest BCUT2D eigenvalue weighted by Crippen LogP contribution is 2.16. The average Bonchev–Trinajstić information content (AvgIpc) is 3.07. The first-order chi connectivity index (χ1) is 13.2. The zero-order valence-electron chi connectivity index (χ0n) is 17.5. The van der Waals surface area contributed by atoms with E-state index in [9.17, 15) is 0 Å². The third-order valence-corrected chi connectivity index (χ3v) is 5.56. The zero-order chi connectivity index (χ0) is 19.1. The van der Waals surface area contributed by atoms with Crippen LogP contribution in [0.25, 0.3) is 0 Å². The molecule has 0 spiro atoms. The molecule has 1 aromatic rings.